The maximum Gasteiger partial charge on any atom is 0.487 e. The molecule has 0 bridgehead atoms. The van der Waals surface area contributed by atoms with Crippen molar-refractivity contribution in [3.05, 3.63) is 53.6 Å². The zero-order chi connectivity index (χ0) is 22.6. The summed E-state index contributed by atoms with van der Waals surface area (Å²) in [6.45, 7) is 2.16. The Morgan fingerprint density at radius 1 is 1.32 bits per heavy atom. The number of anilines is 1. The van der Waals surface area contributed by atoms with Gasteiger partial charge in [0.15, 0.2) is 5.17 Å². The lowest BCUT2D eigenvalue weighted by Crippen LogP contribution is -2.45. The predicted octanol–water partition coefficient (Wildman–Crippen LogP) is 5.49. The van der Waals surface area contributed by atoms with E-state index in [-0.39, 0.29) is 24.0 Å². The Morgan fingerprint density at radius 3 is 2.65 bits per heavy atom. The number of ether oxygens (including phenoxy) is 1. The first-order valence-electron chi connectivity index (χ1n) is 9.12. The number of aliphatic imine (C=N–C) groups is 1. The molecule has 6 nitrogen and oxygen atoms in total. The lowest BCUT2D eigenvalue weighted by molar-refractivity contribution is -0.129. The number of amidine groups is 1. The second-order valence-corrected chi connectivity index (χ2v) is 8.43. The molecule has 0 aromatic heterocycles. The van der Waals surface area contributed by atoms with E-state index < -0.39 is 10.8 Å². The molecule has 1 saturated heterocycles. The Kier molecular flexibility index (Phi) is 7.40. The predicted molar refractivity (Wildman–Crippen MR) is 118 cm³/mol. The minimum absolute atomic E-state index is 0.0154. The molecular formula is C20H17Cl2F2N3O3S. The first kappa shape index (κ1) is 23.3. The van der Waals surface area contributed by atoms with Crippen LogP contribution in [0, 0.1) is 0 Å². The van der Waals surface area contributed by atoms with Crippen molar-refractivity contribution < 1.29 is 23.1 Å². The zero-order valence-electron chi connectivity index (χ0n) is 16.1. The standard InChI is InChI=1S/C20H17Cl2F2N3O3S/c1-2-27-17(28)11-16(18(29)25-14-5-3-4-12(21)10-14)31-19(27)26-13-6-8-15(9-7-13)30-20(22,23)24/h3-10,16H,2,11H2,1H3,(H,25,29)/t16-/m1/s1. The van der Waals surface area contributed by atoms with Crippen molar-refractivity contribution in [2.45, 2.75) is 24.2 Å². The quantitative estimate of drug-likeness (QED) is 0.547. The number of hydrogen-bond acceptors (Lipinski definition) is 5. The summed E-state index contributed by atoms with van der Waals surface area (Å²) in [5.41, 5.74) is -2.90. The average molecular weight is 488 g/mol. The number of alkyl halides is 3. The van der Waals surface area contributed by atoms with Crippen molar-refractivity contribution >= 4 is 63.3 Å². The second kappa shape index (κ2) is 9.84. The van der Waals surface area contributed by atoms with E-state index >= 15 is 0 Å². The van der Waals surface area contributed by atoms with Crippen LogP contribution in [0.2, 0.25) is 5.02 Å². The van der Waals surface area contributed by atoms with Crippen molar-refractivity contribution in [3.63, 3.8) is 0 Å². The smallest absolute Gasteiger partial charge is 0.420 e. The number of amides is 2. The molecule has 3 rings (SSSR count). The summed E-state index contributed by atoms with van der Waals surface area (Å²) in [6.07, 6.45) is 0.0154. The van der Waals surface area contributed by atoms with Crippen LogP contribution in [0.1, 0.15) is 13.3 Å². The van der Waals surface area contributed by atoms with Crippen LogP contribution in [-0.4, -0.2) is 39.2 Å². The first-order chi connectivity index (χ1) is 14.6. The van der Waals surface area contributed by atoms with Gasteiger partial charge in [-0.05, 0) is 49.4 Å². The van der Waals surface area contributed by atoms with E-state index in [0.717, 1.165) is 11.8 Å². The van der Waals surface area contributed by atoms with E-state index in [1.54, 1.807) is 31.2 Å². The van der Waals surface area contributed by atoms with Crippen molar-refractivity contribution in [1.82, 2.24) is 4.90 Å². The van der Waals surface area contributed by atoms with Gasteiger partial charge in [0.2, 0.25) is 11.8 Å². The molecule has 1 aliphatic heterocycles. The van der Waals surface area contributed by atoms with E-state index in [1.165, 1.54) is 29.2 Å². The number of thioether (sulfide) groups is 1. The number of halogens is 4. The molecule has 0 saturated carbocycles. The Balaban J connectivity index is 1.77. The Morgan fingerprint density at radius 2 is 2.03 bits per heavy atom. The largest absolute Gasteiger partial charge is 0.487 e. The van der Waals surface area contributed by atoms with Gasteiger partial charge in [0, 0.05) is 35.3 Å². The van der Waals surface area contributed by atoms with E-state index in [2.05, 4.69) is 15.0 Å². The lowest BCUT2D eigenvalue weighted by atomic mass is 10.2. The summed E-state index contributed by atoms with van der Waals surface area (Å²) in [5, 5.41) is 2.87. The number of nitrogens with one attached hydrogen (secondary N) is 1. The van der Waals surface area contributed by atoms with Gasteiger partial charge in [-0.1, -0.05) is 29.4 Å². The maximum atomic E-state index is 12.7. The fraction of sp³-hybridized carbons (Fsp3) is 0.250. The monoisotopic (exact) mass is 487 g/mol. The topological polar surface area (TPSA) is 71.0 Å². The number of carbonyl (C=O) groups is 2. The summed E-state index contributed by atoms with van der Waals surface area (Å²) in [4.78, 5) is 31.1. The van der Waals surface area contributed by atoms with Gasteiger partial charge in [-0.25, -0.2) is 4.99 Å². The summed E-state index contributed by atoms with van der Waals surface area (Å²) in [7, 11) is 0. The van der Waals surface area contributed by atoms with Gasteiger partial charge in [0.1, 0.15) is 11.0 Å². The Hall–Kier alpha value is -2.36. The molecule has 2 aromatic carbocycles. The number of carbonyl (C=O) groups excluding carboxylic acids is 2. The molecule has 0 aliphatic carbocycles. The fourth-order valence-corrected chi connectivity index (χ4v) is 4.22. The van der Waals surface area contributed by atoms with E-state index in [9.17, 15) is 18.4 Å². The second-order valence-electron chi connectivity index (χ2n) is 6.38. The van der Waals surface area contributed by atoms with E-state index in [0.29, 0.717) is 28.1 Å². The molecule has 0 spiro atoms. The van der Waals surface area contributed by atoms with Gasteiger partial charge in [-0.3, -0.25) is 14.5 Å². The number of nitrogens with zero attached hydrogens (tertiary/aromatic N) is 2. The number of rotatable bonds is 6. The molecule has 1 atom stereocenters. The number of benzene rings is 2. The molecule has 0 radical (unpaired) electrons. The highest BCUT2D eigenvalue weighted by Gasteiger charge is 2.35. The van der Waals surface area contributed by atoms with Crippen molar-refractivity contribution in [2.24, 2.45) is 4.99 Å². The minimum atomic E-state index is -3.82. The molecule has 31 heavy (non-hydrogen) atoms. The van der Waals surface area contributed by atoms with Crippen LogP contribution in [-0.2, 0) is 9.59 Å². The molecule has 1 N–H and O–H groups in total. The minimum Gasteiger partial charge on any atom is -0.420 e. The highest BCUT2D eigenvalue weighted by molar-refractivity contribution is 8.15. The highest BCUT2D eigenvalue weighted by Crippen LogP contribution is 2.31. The highest BCUT2D eigenvalue weighted by atomic mass is 35.5. The molecule has 1 heterocycles. The van der Waals surface area contributed by atoms with Gasteiger partial charge in [-0.2, -0.15) is 0 Å². The third kappa shape index (κ3) is 6.56. The molecule has 0 unspecified atom stereocenters. The average Bonchev–Trinajstić information content (AvgIpc) is 2.68. The molecule has 1 fully saturated rings. The van der Waals surface area contributed by atoms with Crippen LogP contribution in [0.3, 0.4) is 0 Å². The van der Waals surface area contributed by atoms with Crippen molar-refractivity contribution in [3.8, 4) is 5.75 Å². The van der Waals surface area contributed by atoms with Crippen LogP contribution in [0.25, 0.3) is 0 Å². The zero-order valence-corrected chi connectivity index (χ0v) is 18.5. The molecule has 164 valence electrons. The van der Waals surface area contributed by atoms with Gasteiger partial charge < -0.3 is 10.1 Å². The molecule has 2 amide bonds. The summed E-state index contributed by atoms with van der Waals surface area (Å²) in [5.74, 6) is -0.729. The Bertz CT molecular complexity index is 1000. The van der Waals surface area contributed by atoms with Crippen LogP contribution >= 0.6 is 35.0 Å². The molecular weight excluding hydrogens is 471 g/mol. The van der Waals surface area contributed by atoms with Gasteiger partial charge in [-0.15, -0.1) is 8.78 Å². The molecule has 2 aromatic rings. The summed E-state index contributed by atoms with van der Waals surface area (Å²) < 4.78 is 29.8. The SMILES string of the molecule is CCN1C(=O)C[C@H](C(=O)Nc2cccc(Cl)c2)SC1=Nc1ccc(OC(F)(F)Cl)cc1. The summed E-state index contributed by atoms with van der Waals surface area (Å²) >= 11 is 11.8. The summed E-state index contributed by atoms with van der Waals surface area (Å²) in [6, 6.07) is 12.1. The van der Waals surface area contributed by atoms with E-state index in [1.807, 2.05) is 0 Å². The normalized spacial score (nSPS) is 18.2. The van der Waals surface area contributed by atoms with Gasteiger partial charge in [0.05, 0.1) is 5.69 Å². The van der Waals surface area contributed by atoms with Gasteiger partial charge in [0.25, 0.3) is 0 Å². The maximum absolute atomic E-state index is 12.7. The third-order valence-electron chi connectivity index (χ3n) is 4.14. The first-order valence-corrected chi connectivity index (χ1v) is 10.8. The van der Waals surface area contributed by atoms with Crippen LogP contribution in [0.4, 0.5) is 20.2 Å². The van der Waals surface area contributed by atoms with Crippen LogP contribution in [0.15, 0.2) is 53.5 Å². The fourth-order valence-electron chi connectivity index (χ4n) is 2.77. The van der Waals surface area contributed by atoms with Crippen molar-refractivity contribution in [2.75, 3.05) is 11.9 Å². The molecule has 11 heteroatoms. The lowest BCUT2D eigenvalue weighted by Gasteiger charge is -2.30. The third-order valence-corrected chi connectivity index (χ3v) is 5.64. The van der Waals surface area contributed by atoms with Crippen molar-refractivity contribution in [1.29, 1.82) is 0 Å². The molecule has 1 aliphatic rings. The van der Waals surface area contributed by atoms with Crippen LogP contribution in [0.5, 0.6) is 5.75 Å². The van der Waals surface area contributed by atoms with E-state index in [4.69, 9.17) is 23.2 Å². The van der Waals surface area contributed by atoms with Gasteiger partial charge >= 0.3 is 5.57 Å². The number of hydrogen-bond donors (Lipinski definition) is 1. The van der Waals surface area contributed by atoms with Crippen LogP contribution < -0.4 is 10.1 Å². The Labute approximate surface area is 191 Å².